The normalized spacial score (nSPS) is 28.7. The molecule has 0 saturated heterocycles. The van der Waals surface area contributed by atoms with Crippen LogP contribution in [0.3, 0.4) is 0 Å². The Morgan fingerprint density at radius 1 is 0.964 bits per heavy atom. The average molecular weight is 382 g/mol. The van der Waals surface area contributed by atoms with E-state index < -0.39 is 5.83 Å². The highest BCUT2D eigenvalue weighted by Gasteiger charge is 2.25. The Balaban J connectivity index is 1.35. The first-order valence-corrected chi connectivity index (χ1v) is 11.5. The molecule has 0 N–H and O–H groups in total. The first-order chi connectivity index (χ1) is 13.7. The molecule has 2 aliphatic carbocycles. The Morgan fingerprint density at radius 2 is 1.54 bits per heavy atom. The first-order valence-electron chi connectivity index (χ1n) is 11.5. The minimum Gasteiger partial charge on any atom is -0.195 e. The van der Waals surface area contributed by atoms with Crippen LogP contribution in [-0.2, 0) is 6.42 Å². The van der Waals surface area contributed by atoms with E-state index in [1.807, 2.05) is 0 Å². The lowest BCUT2D eigenvalue weighted by atomic mass is 9.74. The molecule has 1 nitrogen and oxygen atoms in total. The molecular formula is C26H36FN. The van der Waals surface area contributed by atoms with Gasteiger partial charge in [0.15, 0.2) is 5.83 Å². The molecule has 0 heterocycles. The van der Waals surface area contributed by atoms with Crippen LogP contribution in [0.5, 0.6) is 0 Å². The third kappa shape index (κ3) is 6.20. The molecule has 2 heteroatoms. The molecule has 2 fully saturated rings. The molecular weight excluding hydrogens is 345 g/mol. The van der Waals surface area contributed by atoms with Crippen molar-refractivity contribution in [2.75, 3.05) is 0 Å². The second kappa shape index (κ2) is 10.8. The summed E-state index contributed by atoms with van der Waals surface area (Å²) in [4.78, 5) is 0. The summed E-state index contributed by atoms with van der Waals surface area (Å²) in [6, 6.07) is 11.0. The third-order valence-electron chi connectivity index (χ3n) is 7.20. The summed E-state index contributed by atoms with van der Waals surface area (Å²) in [6.45, 7) is 2.24. The van der Waals surface area contributed by atoms with Gasteiger partial charge in [-0.3, -0.25) is 0 Å². The van der Waals surface area contributed by atoms with E-state index in [-0.39, 0.29) is 5.92 Å². The molecule has 0 unspecified atom stereocenters. The molecule has 0 spiro atoms. The Morgan fingerprint density at radius 3 is 2.07 bits per heavy atom. The zero-order valence-corrected chi connectivity index (χ0v) is 17.5. The molecule has 0 aromatic heterocycles. The van der Waals surface area contributed by atoms with E-state index in [0.717, 1.165) is 30.6 Å². The number of nitrogens with zero attached hydrogens (tertiary/aromatic N) is 1. The zero-order valence-electron chi connectivity index (χ0n) is 17.5. The van der Waals surface area contributed by atoms with Gasteiger partial charge in [-0.25, -0.2) is 0 Å². The largest absolute Gasteiger partial charge is 0.196 e. The van der Waals surface area contributed by atoms with Gasteiger partial charge in [0.1, 0.15) is 6.07 Å². The Kier molecular flexibility index (Phi) is 8.13. The van der Waals surface area contributed by atoms with Crippen LogP contribution in [0.15, 0.2) is 36.2 Å². The zero-order chi connectivity index (χ0) is 19.8. The van der Waals surface area contributed by atoms with Gasteiger partial charge in [0.2, 0.25) is 0 Å². The molecule has 28 heavy (non-hydrogen) atoms. The SMILES string of the molecule is CCCc1ccc([C@H]2CC[C@H](CC[C@H]3CC[C@H](C=C(F)C#N)CC3)CC2)cc1. The molecule has 0 aliphatic heterocycles. The van der Waals surface area contributed by atoms with Gasteiger partial charge in [0, 0.05) is 0 Å². The van der Waals surface area contributed by atoms with Crippen molar-refractivity contribution in [3.05, 3.63) is 47.3 Å². The van der Waals surface area contributed by atoms with Gasteiger partial charge >= 0.3 is 0 Å². The second-order valence-corrected chi connectivity index (χ2v) is 9.19. The highest BCUT2D eigenvalue weighted by Crippen LogP contribution is 2.40. The van der Waals surface area contributed by atoms with Crippen LogP contribution in [0.2, 0.25) is 0 Å². The van der Waals surface area contributed by atoms with E-state index >= 15 is 0 Å². The molecule has 1 aromatic rings. The Bertz CT molecular complexity index is 653. The quantitative estimate of drug-likeness (QED) is 0.441. The molecule has 1 aromatic carbocycles. The topological polar surface area (TPSA) is 23.8 Å². The second-order valence-electron chi connectivity index (χ2n) is 9.19. The Hall–Kier alpha value is -1.62. The predicted octanol–water partition coefficient (Wildman–Crippen LogP) is 7.88. The van der Waals surface area contributed by atoms with E-state index in [2.05, 4.69) is 31.2 Å². The smallest absolute Gasteiger partial charge is 0.195 e. The fourth-order valence-electron chi connectivity index (χ4n) is 5.39. The molecule has 3 rings (SSSR count). The molecule has 0 amide bonds. The van der Waals surface area contributed by atoms with Gasteiger partial charge in [-0.15, -0.1) is 0 Å². The van der Waals surface area contributed by atoms with Crippen LogP contribution in [0.4, 0.5) is 4.39 Å². The van der Waals surface area contributed by atoms with Gasteiger partial charge < -0.3 is 0 Å². The van der Waals surface area contributed by atoms with E-state index in [9.17, 15) is 4.39 Å². The summed E-state index contributed by atoms with van der Waals surface area (Å²) < 4.78 is 13.1. The van der Waals surface area contributed by atoms with Gasteiger partial charge in [0.05, 0.1) is 0 Å². The maximum absolute atomic E-state index is 13.1. The highest BCUT2D eigenvalue weighted by molar-refractivity contribution is 5.26. The minimum atomic E-state index is -0.597. The van der Waals surface area contributed by atoms with Gasteiger partial charge in [-0.2, -0.15) is 9.65 Å². The van der Waals surface area contributed by atoms with Crippen LogP contribution in [0, 0.1) is 29.1 Å². The number of aryl methyl sites for hydroxylation is 1. The van der Waals surface area contributed by atoms with Gasteiger partial charge in [0.25, 0.3) is 0 Å². The van der Waals surface area contributed by atoms with Crippen LogP contribution in [0.25, 0.3) is 0 Å². The van der Waals surface area contributed by atoms with E-state index in [0.29, 0.717) is 0 Å². The maximum atomic E-state index is 13.1. The van der Waals surface area contributed by atoms with E-state index in [1.54, 1.807) is 17.7 Å². The van der Waals surface area contributed by atoms with E-state index in [4.69, 9.17) is 5.26 Å². The summed E-state index contributed by atoms with van der Waals surface area (Å²) in [5.41, 5.74) is 3.02. The van der Waals surface area contributed by atoms with Crippen LogP contribution >= 0.6 is 0 Å². The molecule has 0 bridgehead atoms. The van der Waals surface area contributed by atoms with Crippen molar-refractivity contribution in [3.8, 4) is 6.07 Å². The minimum absolute atomic E-state index is 0.287. The lowest BCUT2D eigenvalue weighted by Gasteiger charge is -2.31. The summed E-state index contributed by atoms with van der Waals surface area (Å²) in [5, 5.41) is 8.58. The summed E-state index contributed by atoms with van der Waals surface area (Å²) in [6.07, 6.45) is 16.7. The van der Waals surface area contributed by atoms with Crippen molar-refractivity contribution in [1.29, 1.82) is 5.26 Å². The number of hydrogen-bond donors (Lipinski definition) is 0. The number of nitriles is 1. The number of rotatable bonds is 7. The first kappa shape index (κ1) is 21.1. The standard InChI is InChI=1S/C26H36FN/c1-2-3-20-10-14-24(15-11-20)25-16-12-22(13-17-25)5-4-21-6-8-23(9-7-21)18-26(27)19-28/h10-11,14-15,18,21-23,25H,2-9,12-13,16-17H2,1H3/t21-,22-,23-,25-. The van der Waals surface area contributed by atoms with Crippen molar-refractivity contribution in [3.63, 3.8) is 0 Å². The molecule has 152 valence electrons. The summed E-state index contributed by atoms with van der Waals surface area (Å²) >= 11 is 0. The molecule has 2 aliphatic rings. The fraction of sp³-hybridized carbons (Fsp3) is 0.654. The average Bonchev–Trinajstić information content (AvgIpc) is 2.74. The number of hydrogen-bond acceptors (Lipinski definition) is 1. The summed E-state index contributed by atoms with van der Waals surface area (Å²) in [7, 11) is 0. The number of allylic oxidation sites excluding steroid dienone is 2. The van der Waals surface area contributed by atoms with Crippen LogP contribution < -0.4 is 0 Å². The summed E-state index contributed by atoms with van der Waals surface area (Å²) in [5.74, 6) is 2.18. The molecule has 0 atom stereocenters. The third-order valence-corrected chi connectivity index (χ3v) is 7.20. The lowest BCUT2D eigenvalue weighted by molar-refractivity contribution is 0.245. The monoisotopic (exact) mass is 381 g/mol. The van der Waals surface area contributed by atoms with Gasteiger partial charge in [-0.1, -0.05) is 50.5 Å². The van der Waals surface area contributed by atoms with Crippen molar-refractivity contribution in [2.45, 2.75) is 89.9 Å². The van der Waals surface area contributed by atoms with Crippen molar-refractivity contribution in [2.24, 2.45) is 17.8 Å². The predicted molar refractivity (Wildman–Crippen MR) is 115 cm³/mol. The molecule has 2 saturated carbocycles. The van der Waals surface area contributed by atoms with Crippen molar-refractivity contribution >= 4 is 0 Å². The number of halogens is 1. The van der Waals surface area contributed by atoms with E-state index in [1.165, 1.54) is 69.8 Å². The van der Waals surface area contributed by atoms with Gasteiger partial charge in [-0.05, 0) is 98.7 Å². The highest BCUT2D eigenvalue weighted by atomic mass is 19.1. The van der Waals surface area contributed by atoms with Crippen molar-refractivity contribution < 1.29 is 4.39 Å². The lowest BCUT2D eigenvalue weighted by Crippen LogP contribution is -2.17. The van der Waals surface area contributed by atoms with Crippen LogP contribution in [-0.4, -0.2) is 0 Å². The van der Waals surface area contributed by atoms with Crippen LogP contribution in [0.1, 0.15) is 94.6 Å². The Labute approximate surface area is 171 Å². The number of benzene rings is 1. The maximum Gasteiger partial charge on any atom is 0.196 e. The van der Waals surface area contributed by atoms with Crippen molar-refractivity contribution in [1.82, 2.24) is 0 Å². The fourth-order valence-corrected chi connectivity index (χ4v) is 5.39. The molecule has 0 radical (unpaired) electrons.